The van der Waals surface area contributed by atoms with Crippen LogP contribution >= 0.6 is 0 Å². The maximum absolute atomic E-state index is 13.6. The highest BCUT2D eigenvalue weighted by Gasteiger charge is 2.39. The van der Waals surface area contributed by atoms with Crippen molar-refractivity contribution in [3.8, 4) is 0 Å². The lowest BCUT2D eigenvalue weighted by molar-refractivity contribution is -0.148. The number of methoxy groups -OCH3 is 1. The van der Waals surface area contributed by atoms with Crippen LogP contribution in [-0.2, 0) is 19.1 Å². The van der Waals surface area contributed by atoms with Gasteiger partial charge in [-0.3, -0.25) is 19.3 Å². The molecule has 0 aromatic rings. The van der Waals surface area contributed by atoms with E-state index in [-0.39, 0.29) is 42.2 Å². The standard InChI is InChI=1S/C24H45N3O5/c1-9-17(6)22(19(32-8)14-20(28)29)26(7)24(31)21(15(2)3)25-23(30)18-12-10-11-13-27(18)16(4)5/h15-19,21-22H,9-14H2,1-8H3,(H,25,30)(H,28,29)/t17-,18+,19+,21-,22?/m0/s1. The van der Waals surface area contributed by atoms with Crippen LogP contribution in [0.2, 0.25) is 0 Å². The maximum atomic E-state index is 13.6. The van der Waals surface area contributed by atoms with Crippen LogP contribution in [0.15, 0.2) is 0 Å². The van der Waals surface area contributed by atoms with Gasteiger partial charge in [-0.05, 0) is 45.1 Å². The molecule has 2 amide bonds. The molecule has 0 bridgehead atoms. The third kappa shape index (κ3) is 7.44. The SMILES string of the molecule is CC[C@H](C)C([C@@H](CC(=O)O)OC)N(C)C(=O)[C@@H](NC(=O)[C@H]1CCCCN1C(C)C)C(C)C. The number of nitrogens with zero attached hydrogens (tertiary/aromatic N) is 2. The zero-order valence-corrected chi connectivity index (χ0v) is 21.3. The highest BCUT2D eigenvalue weighted by atomic mass is 16.5. The molecule has 1 aliphatic rings. The first-order valence-electron chi connectivity index (χ1n) is 12.0. The Bertz CT molecular complexity index is 625. The number of carboxylic acids is 1. The summed E-state index contributed by atoms with van der Waals surface area (Å²) in [5, 5.41) is 12.4. The summed E-state index contributed by atoms with van der Waals surface area (Å²) >= 11 is 0. The number of nitrogens with one attached hydrogen (secondary N) is 1. The fourth-order valence-corrected chi connectivity index (χ4v) is 4.74. The second-order valence-electron chi connectivity index (χ2n) is 9.77. The highest BCUT2D eigenvalue weighted by Crippen LogP contribution is 2.24. The molecule has 0 saturated carbocycles. The number of aliphatic carboxylic acids is 1. The van der Waals surface area contributed by atoms with Crippen molar-refractivity contribution in [2.75, 3.05) is 20.7 Å². The number of likely N-dealkylation sites (tertiary alicyclic amines) is 1. The van der Waals surface area contributed by atoms with E-state index in [0.29, 0.717) is 0 Å². The largest absolute Gasteiger partial charge is 0.481 e. The third-order valence-electron chi connectivity index (χ3n) is 6.82. The second-order valence-corrected chi connectivity index (χ2v) is 9.77. The molecule has 1 aliphatic heterocycles. The van der Waals surface area contributed by atoms with Crippen LogP contribution in [-0.4, -0.2) is 83.7 Å². The van der Waals surface area contributed by atoms with E-state index < -0.39 is 24.2 Å². The second kappa shape index (κ2) is 13.1. The molecule has 1 fully saturated rings. The molecular formula is C24H45N3O5. The smallest absolute Gasteiger partial charge is 0.306 e. The van der Waals surface area contributed by atoms with Gasteiger partial charge in [-0.2, -0.15) is 0 Å². The van der Waals surface area contributed by atoms with E-state index in [1.807, 2.05) is 27.7 Å². The summed E-state index contributed by atoms with van der Waals surface area (Å²) in [7, 11) is 3.17. The van der Waals surface area contributed by atoms with Gasteiger partial charge in [0.05, 0.1) is 24.6 Å². The molecule has 1 saturated heterocycles. The normalized spacial score (nSPS) is 21.1. The number of amides is 2. The summed E-state index contributed by atoms with van der Waals surface area (Å²) < 4.78 is 5.51. The molecule has 8 nitrogen and oxygen atoms in total. The first-order valence-corrected chi connectivity index (χ1v) is 12.0. The summed E-state index contributed by atoms with van der Waals surface area (Å²) in [5.41, 5.74) is 0. The Hall–Kier alpha value is -1.67. The van der Waals surface area contributed by atoms with Gasteiger partial charge in [0.15, 0.2) is 0 Å². The van der Waals surface area contributed by atoms with Crippen LogP contribution < -0.4 is 5.32 Å². The predicted molar refractivity (Wildman–Crippen MR) is 125 cm³/mol. The zero-order chi connectivity index (χ0) is 24.6. The number of carboxylic acid groups (broad SMARTS) is 1. The number of carbonyl (C=O) groups excluding carboxylic acids is 2. The van der Waals surface area contributed by atoms with Crippen molar-refractivity contribution in [2.45, 2.75) is 104 Å². The lowest BCUT2D eigenvalue weighted by Crippen LogP contribution is -2.60. The topological polar surface area (TPSA) is 99.2 Å². The van der Waals surface area contributed by atoms with Gasteiger partial charge in [-0.15, -0.1) is 0 Å². The Morgan fingerprint density at radius 2 is 1.78 bits per heavy atom. The molecule has 186 valence electrons. The Kier molecular flexibility index (Phi) is 11.6. The molecule has 8 heteroatoms. The van der Waals surface area contributed by atoms with Gasteiger partial charge in [0.2, 0.25) is 11.8 Å². The van der Waals surface area contributed by atoms with Crippen LogP contribution in [0.25, 0.3) is 0 Å². The van der Waals surface area contributed by atoms with Gasteiger partial charge < -0.3 is 20.1 Å². The summed E-state index contributed by atoms with van der Waals surface area (Å²) in [6.45, 7) is 12.9. The molecule has 1 rings (SSSR count). The van der Waals surface area contributed by atoms with E-state index in [1.54, 1.807) is 11.9 Å². The predicted octanol–water partition coefficient (Wildman–Crippen LogP) is 2.75. The number of likely N-dealkylation sites (N-methyl/N-ethyl adjacent to an activating group) is 1. The van der Waals surface area contributed by atoms with Crippen LogP contribution in [0.4, 0.5) is 0 Å². The molecule has 1 heterocycles. The lowest BCUT2D eigenvalue weighted by Gasteiger charge is -2.41. The number of hydrogen-bond donors (Lipinski definition) is 2. The van der Waals surface area contributed by atoms with E-state index >= 15 is 0 Å². The van der Waals surface area contributed by atoms with Gasteiger partial charge in [0.1, 0.15) is 6.04 Å². The number of ether oxygens (including phenoxy) is 1. The summed E-state index contributed by atoms with van der Waals surface area (Å²) in [4.78, 5) is 42.0. The van der Waals surface area contributed by atoms with Gasteiger partial charge in [0.25, 0.3) is 0 Å². The van der Waals surface area contributed by atoms with E-state index in [9.17, 15) is 19.5 Å². The fourth-order valence-electron chi connectivity index (χ4n) is 4.74. The van der Waals surface area contributed by atoms with E-state index in [1.165, 1.54) is 7.11 Å². The first-order chi connectivity index (χ1) is 15.0. The Morgan fingerprint density at radius 1 is 1.16 bits per heavy atom. The van der Waals surface area contributed by atoms with E-state index in [0.717, 1.165) is 32.2 Å². The van der Waals surface area contributed by atoms with Crippen molar-refractivity contribution >= 4 is 17.8 Å². The lowest BCUT2D eigenvalue weighted by atomic mass is 9.90. The molecule has 0 spiro atoms. The summed E-state index contributed by atoms with van der Waals surface area (Å²) in [5.74, 6) is -1.36. The molecule has 0 aromatic carbocycles. The summed E-state index contributed by atoms with van der Waals surface area (Å²) in [6.07, 6.45) is 2.82. The van der Waals surface area contributed by atoms with Crippen molar-refractivity contribution < 1.29 is 24.2 Å². The molecule has 5 atom stereocenters. The van der Waals surface area contributed by atoms with Crippen molar-refractivity contribution in [1.29, 1.82) is 0 Å². The number of piperidine rings is 1. The fraction of sp³-hybridized carbons (Fsp3) is 0.875. The average Bonchev–Trinajstić information content (AvgIpc) is 2.75. The monoisotopic (exact) mass is 455 g/mol. The highest BCUT2D eigenvalue weighted by molar-refractivity contribution is 5.90. The molecule has 0 aromatic heterocycles. The number of rotatable bonds is 12. The molecule has 2 N–H and O–H groups in total. The van der Waals surface area contributed by atoms with E-state index in [2.05, 4.69) is 24.1 Å². The quantitative estimate of drug-likeness (QED) is 0.469. The molecular weight excluding hydrogens is 410 g/mol. The average molecular weight is 456 g/mol. The van der Waals surface area contributed by atoms with Crippen molar-refractivity contribution in [1.82, 2.24) is 15.1 Å². The molecule has 1 unspecified atom stereocenters. The van der Waals surface area contributed by atoms with Crippen molar-refractivity contribution in [2.24, 2.45) is 11.8 Å². The van der Waals surface area contributed by atoms with Crippen LogP contribution in [0, 0.1) is 11.8 Å². The van der Waals surface area contributed by atoms with Crippen LogP contribution in [0.1, 0.15) is 73.6 Å². The van der Waals surface area contributed by atoms with Gasteiger partial charge >= 0.3 is 5.97 Å². The first kappa shape index (κ1) is 28.4. The van der Waals surface area contributed by atoms with E-state index in [4.69, 9.17) is 4.74 Å². The van der Waals surface area contributed by atoms with Crippen molar-refractivity contribution in [3.63, 3.8) is 0 Å². The summed E-state index contributed by atoms with van der Waals surface area (Å²) in [6, 6.07) is -1.06. The number of hydrogen-bond acceptors (Lipinski definition) is 5. The Balaban J connectivity index is 3.10. The molecule has 0 aliphatic carbocycles. The zero-order valence-electron chi connectivity index (χ0n) is 21.3. The van der Waals surface area contributed by atoms with Gasteiger partial charge in [0, 0.05) is 20.2 Å². The Labute approximate surface area is 194 Å². The van der Waals surface area contributed by atoms with Crippen LogP contribution in [0.5, 0.6) is 0 Å². The minimum atomic E-state index is -0.967. The third-order valence-corrected chi connectivity index (χ3v) is 6.82. The van der Waals surface area contributed by atoms with Crippen LogP contribution in [0.3, 0.4) is 0 Å². The Morgan fingerprint density at radius 3 is 2.25 bits per heavy atom. The minimum absolute atomic E-state index is 0.0338. The number of carbonyl (C=O) groups is 3. The van der Waals surface area contributed by atoms with Gasteiger partial charge in [-0.1, -0.05) is 40.5 Å². The molecule has 0 radical (unpaired) electrons. The van der Waals surface area contributed by atoms with Gasteiger partial charge in [-0.25, -0.2) is 0 Å². The maximum Gasteiger partial charge on any atom is 0.306 e. The minimum Gasteiger partial charge on any atom is -0.481 e. The van der Waals surface area contributed by atoms with Crippen molar-refractivity contribution in [3.05, 3.63) is 0 Å². The molecule has 32 heavy (non-hydrogen) atoms.